The standard InChI is InChI=1S/C28H29ClF3N5O/c1-27(2,17-33)25-6-5-22(16-36-25)34-9-3-4-23-14-20-12-19(15-35-21-7-10-38-11-8-21)13-24(29)26(20)37(23)18-28(30,31)32/h5-6,12-14,16,21,34-35H,7-11,15,18H2,1-2H3. The number of benzene rings is 1. The maximum Gasteiger partial charge on any atom is 0.406 e. The molecule has 38 heavy (non-hydrogen) atoms. The number of halogens is 4. The van der Waals surface area contributed by atoms with Crippen molar-refractivity contribution in [3.05, 3.63) is 58.5 Å². The van der Waals surface area contributed by atoms with Crippen LogP contribution in [0, 0.1) is 23.2 Å². The van der Waals surface area contributed by atoms with Crippen molar-refractivity contribution in [2.75, 3.05) is 25.1 Å². The summed E-state index contributed by atoms with van der Waals surface area (Å²) < 4.78 is 46.8. The second kappa shape index (κ2) is 11.7. The number of rotatable bonds is 7. The van der Waals surface area contributed by atoms with Gasteiger partial charge in [0.2, 0.25) is 0 Å². The third-order valence-corrected chi connectivity index (χ3v) is 6.73. The van der Waals surface area contributed by atoms with Gasteiger partial charge in [-0.05, 0) is 68.5 Å². The Kier molecular flexibility index (Phi) is 8.52. The van der Waals surface area contributed by atoms with Crippen molar-refractivity contribution in [1.29, 1.82) is 5.26 Å². The van der Waals surface area contributed by atoms with Gasteiger partial charge < -0.3 is 19.9 Å². The zero-order valence-electron chi connectivity index (χ0n) is 21.3. The van der Waals surface area contributed by atoms with E-state index in [0.29, 0.717) is 34.9 Å². The van der Waals surface area contributed by atoms with Crippen LogP contribution in [0.3, 0.4) is 0 Å². The molecule has 1 saturated heterocycles. The second-order valence-electron chi connectivity index (χ2n) is 9.84. The van der Waals surface area contributed by atoms with E-state index in [2.05, 4.69) is 33.5 Å². The molecule has 2 N–H and O–H groups in total. The smallest absolute Gasteiger partial charge is 0.381 e. The second-order valence-corrected chi connectivity index (χ2v) is 10.2. The fourth-order valence-corrected chi connectivity index (χ4v) is 4.69. The molecule has 0 radical (unpaired) electrons. The van der Waals surface area contributed by atoms with Gasteiger partial charge in [0.25, 0.3) is 0 Å². The zero-order valence-corrected chi connectivity index (χ0v) is 22.0. The monoisotopic (exact) mass is 543 g/mol. The number of nitrogens with one attached hydrogen (secondary N) is 2. The quantitative estimate of drug-likeness (QED) is 0.369. The molecule has 0 aliphatic carbocycles. The highest BCUT2D eigenvalue weighted by molar-refractivity contribution is 6.35. The van der Waals surface area contributed by atoms with Crippen molar-refractivity contribution < 1.29 is 17.9 Å². The molecule has 0 atom stereocenters. The lowest BCUT2D eigenvalue weighted by Gasteiger charge is -2.23. The number of anilines is 1. The Morgan fingerprint density at radius 1 is 1.18 bits per heavy atom. The molecule has 200 valence electrons. The lowest BCUT2D eigenvalue weighted by atomic mass is 9.91. The first kappa shape index (κ1) is 27.8. The van der Waals surface area contributed by atoms with Crippen LogP contribution in [-0.4, -0.2) is 41.5 Å². The van der Waals surface area contributed by atoms with E-state index in [-0.39, 0.29) is 17.3 Å². The zero-order chi connectivity index (χ0) is 27.3. The van der Waals surface area contributed by atoms with E-state index in [9.17, 15) is 18.4 Å². The van der Waals surface area contributed by atoms with Crippen molar-refractivity contribution in [3.63, 3.8) is 0 Å². The molecule has 6 nitrogen and oxygen atoms in total. The average molecular weight is 544 g/mol. The van der Waals surface area contributed by atoms with E-state index in [1.807, 2.05) is 6.07 Å². The number of aromatic nitrogens is 2. The molecule has 2 aromatic heterocycles. The van der Waals surface area contributed by atoms with Crippen LogP contribution >= 0.6 is 11.6 Å². The van der Waals surface area contributed by atoms with Gasteiger partial charge in [-0.25, -0.2) is 0 Å². The summed E-state index contributed by atoms with van der Waals surface area (Å²) in [6, 6.07) is 11.3. The molecule has 1 aliphatic rings. The molecular formula is C28H29ClF3N5O. The van der Waals surface area contributed by atoms with Crippen molar-refractivity contribution in [3.8, 4) is 17.9 Å². The highest BCUT2D eigenvalue weighted by Gasteiger charge is 2.30. The summed E-state index contributed by atoms with van der Waals surface area (Å²) >= 11 is 6.50. The Balaban J connectivity index is 1.52. The Bertz CT molecular complexity index is 1370. The minimum atomic E-state index is -4.43. The third-order valence-electron chi connectivity index (χ3n) is 6.44. The molecule has 3 aromatic rings. The molecule has 0 amide bonds. The maximum atomic E-state index is 13.4. The van der Waals surface area contributed by atoms with Gasteiger partial charge in [0.05, 0.1) is 51.8 Å². The minimum absolute atomic E-state index is 0.199. The van der Waals surface area contributed by atoms with Crippen LogP contribution in [0.25, 0.3) is 10.9 Å². The highest BCUT2D eigenvalue weighted by Crippen LogP contribution is 2.32. The molecule has 0 saturated carbocycles. The summed E-state index contributed by atoms with van der Waals surface area (Å²) in [6.07, 6.45) is -0.988. The number of pyridine rings is 1. The van der Waals surface area contributed by atoms with Gasteiger partial charge in [-0.2, -0.15) is 18.4 Å². The fraction of sp³-hybridized carbons (Fsp3) is 0.429. The summed E-state index contributed by atoms with van der Waals surface area (Å²) in [6.45, 7) is 4.58. The van der Waals surface area contributed by atoms with E-state index < -0.39 is 18.1 Å². The topological polar surface area (TPSA) is 74.9 Å². The normalized spacial score (nSPS) is 14.7. The third kappa shape index (κ3) is 6.99. The van der Waals surface area contributed by atoms with Gasteiger partial charge in [-0.3, -0.25) is 4.98 Å². The molecule has 4 rings (SSSR count). The SMILES string of the molecule is CC(C)(C#N)c1ccc(NCC#Cc2cc3cc(CNC4CCOCC4)cc(Cl)c3n2CC(F)(F)F)cn1. The predicted octanol–water partition coefficient (Wildman–Crippen LogP) is 5.79. The average Bonchev–Trinajstić information content (AvgIpc) is 3.22. The van der Waals surface area contributed by atoms with Gasteiger partial charge in [0.15, 0.2) is 0 Å². The lowest BCUT2D eigenvalue weighted by Crippen LogP contribution is -2.34. The Labute approximate surface area is 225 Å². The van der Waals surface area contributed by atoms with E-state index in [4.69, 9.17) is 16.3 Å². The molecule has 1 aliphatic heterocycles. The van der Waals surface area contributed by atoms with Crippen LogP contribution in [0.5, 0.6) is 0 Å². The number of nitriles is 1. The first-order chi connectivity index (χ1) is 18.1. The van der Waals surface area contributed by atoms with Crippen LogP contribution in [-0.2, 0) is 23.2 Å². The van der Waals surface area contributed by atoms with Gasteiger partial charge >= 0.3 is 6.18 Å². The molecular weight excluding hydrogens is 515 g/mol. The molecule has 0 unspecified atom stereocenters. The molecule has 10 heteroatoms. The predicted molar refractivity (Wildman–Crippen MR) is 142 cm³/mol. The fourth-order valence-electron chi connectivity index (χ4n) is 4.34. The molecule has 1 fully saturated rings. The van der Waals surface area contributed by atoms with Crippen LogP contribution in [0.4, 0.5) is 18.9 Å². The number of alkyl halides is 3. The van der Waals surface area contributed by atoms with Crippen LogP contribution in [0.15, 0.2) is 36.5 Å². The number of hydrogen-bond donors (Lipinski definition) is 2. The molecule has 0 bridgehead atoms. The van der Waals surface area contributed by atoms with Gasteiger partial charge in [-0.1, -0.05) is 17.5 Å². The van der Waals surface area contributed by atoms with Crippen LogP contribution in [0.2, 0.25) is 5.02 Å². The summed E-state index contributed by atoms with van der Waals surface area (Å²) in [4.78, 5) is 4.32. The molecule has 3 heterocycles. The van der Waals surface area contributed by atoms with Gasteiger partial charge in [-0.15, -0.1) is 0 Å². The number of fused-ring (bicyclic) bond motifs is 1. The summed E-state index contributed by atoms with van der Waals surface area (Å²) in [5.41, 5.74) is 2.09. The first-order valence-corrected chi connectivity index (χ1v) is 12.7. The van der Waals surface area contributed by atoms with Crippen LogP contribution < -0.4 is 10.6 Å². The Hall–Kier alpha value is -3.24. The number of nitrogens with zero attached hydrogens (tertiary/aromatic N) is 3. The maximum absolute atomic E-state index is 13.4. The van der Waals surface area contributed by atoms with E-state index in [1.54, 1.807) is 44.3 Å². The summed E-state index contributed by atoms with van der Waals surface area (Å²) in [5.74, 6) is 5.77. The summed E-state index contributed by atoms with van der Waals surface area (Å²) in [7, 11) is 0. The van der Waals surface area contributed by atoms with Crippen molar-refractivity contribution in [2.24, 2.45) is 0 Å². The van der Waals surface area contributed by atoms with E-state index in [1.165, 1.54) is 0 Å². The molecule has 0 spiro atoms. The Morgan fingerprint density at radius 2 is 1.95 bits per heavy atom. The lowest BCUT2D eigenvalue weighted by molar-refractivity contribution is -0.140. The van der Waals surface area contributed by atoms with Gasteiger partial charge in [0, 0.05) is 31.2 Å². The Morgan fingerprint density at radius 3 is 2.61 bits per heavy atom. The van der Waals surface area contributed by atoms with Crippen molar-refractivity contribution >= 4 is 28.2 Å². The largest absolute Gasteiger partial charge is 0.406 e. The highest BCUT2D eigenvalue weighted by atomic mass is 35.5. The van der Waals surface area contributed by atoms with Crippen molar-refractivity contribution in [1.82, 2.24) is 14.9 Å². The minimum Gasteiger partial charge on any atom is -0.381 e. The van der Waals surface area contributed by atoms with Crippen molar-refractivity contribution in [2.45, 2.75) is 57.4 Å². The first-order valence-electron chi connectivity index (χ1n) is 12.4. The number of ether oxygens (including phenoxy) is 1. The van der Waals surface area contributed by atoms with E-state index in [0.717, 1.165) is 36.2 Å². The number of hydrogen-bond acceptors (Lipinski definition) is 5. The molecule has 1 aromatic carbocycles. The van der Waals surface area contributed by atoms with E-state index >= 15 is 0 Å². The van der Waals surface area contributed by atoms with Gasteiger partial charge in [0.1, 0.15) is 6.54 Å². The van der Waals surface area contributed by atoms with Crippen LogP contribution in [0.1, 0.15) is 43.6 Å². The summed E-state index contributed by atoms with van der Waals surface area (Å²) in [5, 5.41) is 16.7.